The van der Waals surface area contributed by atoms with Crippen molar-refractivity contribution >= 4 is 16.8 Å². The van der Waals surface area contributed by atoms with Crippen LogP contribution in [0.15, 0.2) is 53.3 Å². The zero-order valence-electron chi connectivity index (χ0n) is 15.3. The third-order valence-corrected chi connectivity index (χ3v) is 5.05. The van der Waals surface area contributed by atoms with Gasteiger partial charge in [-0.1, -0.05) is 12.1 Å². The molecule has 1 aromatic heterocycles. The number of aromatic nitrogens is 2. The molecule has 1 aliphatic heterocycles. The Bertz CT molecular complexity index is 1080. The lowest BCUT2D eigenvalue weighted by atomic mass is 10.1. The standard InChI is InChI=1S/C21H21N3O3/c1-14-22-18-6-4-3-5-17(18)20(26)24(14)16-9-7-15(8-10-16)19(25)23-12-11-21(2,27)13-23/h3-10,27H,11-13H2,1-2H3. The van der Waals surface area contributed by atoms with Crippen molar-refractivity contribution in [2.75, 3.05) is 13.1 Å². The largest absolute Gasteiger partial charge is 0.388 e. The van der Waals surface area contributed by atoms with E-state index in [2.05, 4.69) is 4.98 Å². The van der Waals surface area contributed by atoms with E-state index >= 15 is 0 Å². The predicted molar refractivity (Wildman–Crippen MR) is 103 cm³/mol. The molecule has 3 aromatic rings. The summed E-state index contributed by atoms with van der Waals surface area (Å²) < 4.78 is 1.55. The molecular formula is C21H21N3O3. The number of likely N-dealkylation sites (tertiary alicyclic amines) is 1. The molecular weight excluding hydrogens is 342 g/mol. The van der Waals surface area contributed by atoms with Crippen LogP contribution in [0.3, 0.4) is 0 Å². The number of carbonyl (C=O) groups excluding carboxylic acids is 1. The lowest BCUT2D eigenvalue weighted by Crippen LogP contribution is -2.33. The maximum atomic E-state index is 12.9. The number of aryl methyl sites for hydroxylation is 1. The first kappa shape index (κ1) is 17.4. The molecule has 1 saturated heterocycles. The summed E-state index contributed by atoms with van der Waals surface area (Å²) in [5.74, 6) is 0.480. The Hall–Kier alpha value is -2.99. The number of fused-ring (bicyclic) bond motifs is 1. The van der Waals surface area contributed by atoms with E-state index in [9.17, 15) is 14.7 Å². The molecule has 0 aliphatic carbocycles. The Labute approximate surface area is 156 Å². The summed E-state index contributed by atoms with van der Waals surface area (Å²) >= 11 is 0. The van der Waals surface area contributed by atoms with E-state index in [1.165, 1.54) is 0 Å². The van der Waals surface area contributed by atoms with Crippen LogP contribution >= 0.6 is 0 Å². The fourth-order valence-corrected chi connectivity index (χ4v) is 3.60. The highest BCUT2D eigenvalue weighted by molar-refractivity contribution is 5.94. The Morgan fingerprint density at radius 1 is 1.15 bits per heavy atom. The van der Waals surface area contributed by atoms with E-state index < -0.39 is 5.60 Å². The summed E-state index contributed by atoms with van der Waals surface area (Å²) in [7, 11) is 0. The predicted octanol–water partition coefficient (Wildman–Crippen LogP) is 2.29. The van der Waals surface area contributed by atoms with Gasteiger partial charge in [0.2, 0.25) is 0 Å². The lowest BCUT2D eigenvalue weighted by Gasteiger charge is -2.19. The maximum absolute atomic E-state index is 12.9. The molecule has 4 rings (SSSR count). The average molecular weight is 363 g/mol. The quantitative estimate of drug-likeness (QED) is 0.758. The van der Waals surface area contributed by atoms with Crippen LogP contribution in [0.2, 0.25) is 0 Å². The number of rotatable bonds is 2. The first-order valence-corrected chi connectivity index (χ1v) is 8.96. The SMILES string of the molecule is Cc1nc2ccccc2c(=O)n1-c1ccc(C(=O)N2CCC(C)(O)C2)cc1. The summed E-state index contributed by atoms with van der Waals surface area (Å²) in [6.07, 6.45) is 0.578. The highest BCUT2D eigenvalue weighted by Gasteiger charge is 2.34. The van der Waals surface area contributed by atoms with Crippen LogP contribution in [0.1, 0.15) is 29.5 Å². The van der Waals surface area contributed by atoms with E-state index in [-0.39, 0.29) is 11.5 Å². The number of β-amino-alcohol motifs (C(OH)–C–C–N with tert-alkyl or cyclic N) is 1. The number of hydrogen-bond acceptors (Lipinski definition) is 4. The molecule has 0 saturated carbocycles. The molecule has 1 atom stereocenters. The number of nitrogens with zero attached hydrogens (tertiary/aromatic N) is 3. The molecule has 1 fully saturated rings. The molecule has 1 amide bonds. The molecule has 1 unspecified atom stereocenters. The minimum atomic E-state index is -0.823. The van der Waals surface area contributed by atoms with Crippen LogP contribution in [0, 0.1) is 6.92 Å². The Morgan fingerprint density at radius 3 is 2.52 bits per heavy atom. The first-order valence-electron chi connectivity index (χ1n) is 8.96. The van der Waals surface area contributed by atoms with Gasteiger partial charge in [0.25, 0.3) is 11.5 Å². The van der Waals surface area contributed by atoms with E-state index in [1.807, 2.05) is 18.2 Å². The minimum Gasteiger partial charge on any atom is -0.388 e. The van der Waals surface area contributed by atoms with Gasteiger partial charge >= 0.3 is 0 Å². The van der Waals surface area contributed by atoms with E-state index in [1.54, 1.807) is 53.6 Å². The third kappa shape index (κ3) is 3.13. The van der Waals surface area contributed by atoms with Crippen molar-refractivity contribution in [3.05, 3.63) is 70.3 Å². The summed E-state index contributed by atoms with van der Waals surface area (Å²) in [5, 5.41) is 10.6. The molecule has 6 heteroatoms. The van der Waals surface area contributed by atoms with Crippen LogP contribution in [0.25, 0.3) is 16.6 Å². The fraction of sp³-hybridized carbons (Fsp3) is 0.286. The van der Waals surface area contributed by atoms with Crippen molar-refractivity contribution in [1.82, 2.24) is 14.5 Å². The Morgan fingerprint density at radius 2 is 1.85 bits per heavy atom. The summed E-state index contributed by atoms with van der Waals surface area (Å²) in [6, 6.07) is 14.2. The second-order valence-corrected chi connectivity index (χ2v) is 7.34. The number of amides is 1. The minimum absolute atomic E-state index is 0.111. The number of aliphatic hydroxyl groups is 1. The number of hydrogen-bond donors (Lipinski definition) is 1. The first-order chi connectivity index (χ1) is 12.9. The molecule has 27 heavy (non-hydrogen) atoms. The second kappa shape index (κ2) is 6.32. The van der Waals surface area contributed by atoms with Crippen molar-refractivity contribution in [2.24, 2.45) is 0 Å². The molecule has 6 nitrogen and oxygen atoms in total. The van der Waals surface area contributed by atoms with Crippen LogP contribution in [-0.2, 0) is 0 Å². The van der Waals surface area contributed by atoms with Crippen molar-refractivity contribution in [3.63, 3.8) is 0 Å². The maximum Gasteiger partial charge on any atom is 0.265 e. The van der Waals surface area contributed by atoms with Crippen LogP contribution in [0.4, 0.5) is 0 Å². The summed E-state index contributed by atoms with van der Waals surface area (Å²) in [5.41, 5.74) is 0.921. The van der Waals surface area contributed by atoms with Crippen molar-refractivity contribution < 1.29 is 9.90 Å². The zero-order valence-corrected chi connectivity index (χ0v) is 15.3. The monoisotopic (exact) mass is 363 g/mol. The summed E-state index contributed by atoms with van der Waals surface area (Å²) in [4.78, 5) is 31.7. The van der Waals surface area contributed by atoms with Crippen molar-refractivity contribution in [2.45, 2.75) is 25.9 Å². The lowest BCUT2D eigenvalue weighted by molar-refractivity contribution is 0.0572. The fourth-order valence-electron chi connectivity index (χ4n) is 3.60. The van der Waals surface area contributed by atoms with Gasteiger partial charge in [0.15, 0.2) is 0 Å². The molecule has 0 bridgehead atoms. The molecule has 2 aromatic carbocycles. The summed E-state index contributed by atoms with van der Waals surface area (Å²) in [6.45, 7) is 4.41. The van der Waals surface area contributed by atoms with Crippen molar-refractivity contribution in [1.29, 1.82) is 0 Å². The van der Waals surface area contributed by atoms with Gasteiger partial charge in [0, 0.05) is 18.7 Å². The second-order valence-electron chi connectivity index (χ2n) is 7.34. The molecule has 1 aliphatic rings. The van der Waals surface area contributed by atoms with Crippen molar-refractivity contribution in [3.8, 4) is 5.69 Å². The van der Waals surface area contributed by atoms with E-state index in [4.69, 9.17) is 0 Å². The van der Waals surface area contributed by atoms with Crippen LogP contribution in [0.5, 0.6) is 0 Å². The van der Waals surface area contributed by atoms with E-state index in [0.29, 0.717) is 47.5 Å². The Balaban J connectivity index is 1.68. The average Bonchev–Trinajstić information content (AvgIpc) is 3.01. The third-order valence-electron chi connectivity index (χ3n) is 5.05. The van der Waals surface area contributed by atoms with Gasteiger partial charge < -0.3 is 10.0 Å². The molecule has 1 N–H and O–H groups in total. The topological polar surface area (TPSA) is 75.4 Å². The van der Waals surface area contributed by atoms with Gasteiger partial charge in [0.05, 0.1) is 22.2 Å². The molecule has 2 heterocycles. The highest BCUT2D eigenvalue weighted by Crippen LogP contribution is 2.22. The van der Waals surface area contributed by atoms with Gasteiger partial charge in [-0.2, -0.15) is 0 Å². The molecule has 138 valence electrons. The van der Waals surface area contributed by atoms with Gasteiger partial charge in [-0.25, -0.2) is 4.98 Å². The molecule has 0 radical (unpaired) electrons. The van der Waals surface area contributed by atoms with E-state index in [0.717, 1.165) is 0 Å². The smallest absolute Gasteiger partial charge is 0.265 e. The van der Waals surface area contributed by atoms with Gasteiger partial charge in [-0.15, -0.1) is 0 Å². The van der Waals surface area contributed by atoms with Gasteiger partial charge in [-0.05, 0) is 56.7 Å². The highest BCUT2D eigenvalue weighted by atomic mass is 16.3. The number of benzene rings is 2. The number of para-hydroxylation sites is 1. The van der Waals surface area contributed by atoms with Gasteiger partial charge in [0.1, 0.15) is 5.82 Å². The van der Waals surface area contributed by atoms with Gasteiger partial charge in [-0.3, -0.25) is 14.2 Å². The normalized spacial score (nSPS) is 19.6. The number of carbonyl (C=O) groups is 1. The Kier molecular flexibility index (Phi) is 4.08. The molecule has 0 spiro atoms. The van der Waals surface area contributed by atoms with Crippen LogP contribution in [-0.4, -0.2) is 44.2 Å². The zero-order chi connectivity index (χ0) is 19.2. The van der Waals surface area contributed by atoms with Crippen LogP contribution < -0.4 is 5.56 Å².